The largest absolute Gasteiger partial charge is 0.481 e. The summed E-state index contributed by atoms with van der Waals surface area (Å²) in [4.78, 5) is 31.0. The number of methoxy groups -OCH3 is 2. The molecule has 0 radical (unpaired) electrons. The van der Waals surface area contributed by atoms with Crippen LogP contribution in [0.25, 0.3) is 0 Å². The minimum Gasteiger partial charge on any atom is -0.481 e. The van der Waals surface area contributed by atoms with Crippen molar-refractivity contribution in [2.75, 3.05) is 33.9 Å². The Hall–Kier alpha value is -2.35. The summed E-state index contributed by atoms with van der Waals surface area (Å²) in [7, 11) is 2.99. The van der Waals surface area contributed by atoms with Crippen molar-refractivity contribution >= 4 is 11.8 Å². The summed E-state index contributed by atoms with van der Waals surface area (Å²) in [6.45, 7) is 6.07. The molecule has 0 saturated carbocycles. The van der Waals surface area contributed by atoms with E-state index in [2.05, 4.69) is 24.1 Å². The van der Waals surface area contributed by atoms with Gasteiger partial charge in [-0.3, -0.25) is 9.59 Å². The third-order valence-corrected chi connectivity index (χ3v) is 5.92. The Labute approximate surface area is 178 Å². The average Bonchev–Trinajstić information content (AvgIpc) is 3.13. The summed E-state index contributed by atoms with van der Waals surface area (Å²) in [5, 5.41) is 2.93. The van der Waals surface area contributed by atoms with Crippen LogP contribution in [0.3, 0.4) is 0 Å². The van der Waals surface area contributed by atoms with Crippen molar-refractivity contribution in [2.24, 2.45) is 5.92 Å². The number of amides is 2. The van der Waals surface area contributed by atoms with Crippen molar-refractivity contribution in [3.05, 3.63) is 17.7 Å². The Morgan fingerprint density at radius 2 is 1.97 bits per heavy atom. The van der Waals surface area contributed by atoms with Crippen LogP contribution in [0.5, 0.6) is 11.8 Å². The number of carbonyl (C=O) groups is 2. The molecular weight excluding hydrogens is 386 g/mol. The molecule has 1 N–H and O–H groups in total. The number of nitrogens with one attached hydrogen (secondary N) is 1. The molecule has 0 aliphatic carbocycles. The summed E-state index contributed by atoms with van der Waals surface area (Å²) in [6, 6.07) is 3.27. The van der Waals surface area contributed by atoms with Crippen LogP contribution in [0.1, 0.15) is 56.3 Å². The smallest absolute Gasteiger partial charge is 0.256 e. The Bertz CT molecular complexity index is 759. The molecule has 3 heterocycles. The van der Waals surface area contributed by atoms with Crippen LogP contribution < -0.4 is 14.8 Å². The van der Waals surface area contributed by atoms with E-state index in [0.717, 1.165) is 38.8 Å². The molecule has 2 amide bonds. The fraction of sp³-hybridized carbons (Fsp3) is 0.682. The SMILES string of the molecule is COc1ccc(C(=O)NCC2CCC3(CCN(C(=O)CC(C)C)CC3)O2)c(OC)n1. The standard InChI is InChI=1S/C22H33N3O5/c1-15(2)13-19(26)25-11-9-22(10-12-25)8-7-16(30-22)14-23-20(27)17-5-6-18(28-3)24-21(17)29-4/h5-6,15-16H,7-14H2,1-4H3,(H,23,27). The first-order valence-electron chi connectivity index (χ1n) is 10.7. The first-order valence-corrected chi connectivity index (χ1v) is 10.7. The van der Waals surface area contributed by atoms with Gasteiger partial charge in [0.1, 0.15) is 5.56 Å². The molecule has 166 valence electrons. The molecule has 1 unspecified atom stereocenters. The zero-order valence-corrected chi connectivity index (χ0v) is 18.4. The monoisotopic (exact) mass is 419 g/mol. The molecule has 1 aromatic heterocycles. The average molecular weight is 420 g/mol. The maximum Gasteiger partial charge on any atom is 0.256 e. The highest BCUT2D eigenvalue weighted by Gasteiger charge is 2.43. The van der Waals surface area contributed by atoms with E-state index in [4.69, 9.17) is 14.2 Å². The normalized spacial score (nSPS) is 20.4. The van der Waals surface area contributed by atoms with E-state index in [1.807, 2.05) is 4.90 Å². The molecule has 1 spiro atoms. The molecule has 2 saturated heterocycles. The van der Waals surface area contributed by atoms with Gasteiger partial charge in [-0.15, -0.1) is 0 Å². The lowest BCUT2D eigenvalue weighted by Crippen LogP contribution is -2.47. The van der Waals surface area contributed by atoms with Gasteiger partial charge in [0.2, 0.25) is 17.7 Å². The van der Waals surface area contributed by atoms with Crippen LogP contribution in [0.15, 0.2) is 12.1 Å². The van der Waals surface area contributed by atoms with Crippen molar-refractivity contribution in [3.8, 4) is 11.8 Å². The zero-order valence-electron chi connectivity index (χ0n) is 18.4. The van der Waals surface area contributed by atoms with E-state index in [1.165, 1.54) is 14.2 Å². The first kappa shape index (κ1) is 22.3. The van der Waals surface area contributed by atoms with E-state index in [1.54, 1.807) is 12.1 Å². The zero-order chi connectivity index (χ0) is 21.7. The molecule has 0 bridgehead atoms. The maximum atomic E-state index is 12.6. The van der Waals surface area contributed by atoms with Gasteiger partial charge in [-0.1, -0.05) is 13.8 Å². The van der Waals surface area contributed by atoms with E-state index >= 15 is 0 Å². The number of carbonyl (C=O) groups excluding carboxylic acids is 2. The Morgan fingerprint density at radius 3 is 2.60 bits per heavy atom. The minimum absolute atomic E-state index is 0.0240. The molecule has 8 nitrogen and oxygen atoms in total. The lowest BCUT2D eigenvalue weighted by atomic mass is 9.88. The molecular formula is C22H33N3O5. The highest BCUT2D eigenvalue weighted by Crippen LogP contribution is 2.39. The van der Waals surface area contributed by atoms with E-state index in [9.17, 15) is 9.59 Å². The number of piperidine rings is 1. The van der Waals surface area contributed by atoms with Crippen molar-refractivity contribution in [1.82, 2.24) is 15.2 Å². The van der Waals surface area contributed by atoms with Crippen LogP contribution in [-0.2, 0) is 9.53 Å². The fourth-order valence-corrected chi connectivity index (χ4v) is 4.22. The number of rotatable bonds is 7. The van der Waals surface area contributed by atoms with Gasteiger partial charge in [0.05, 0.1) is 25.9 Å². The number of hydrogen-bond donors (Lipinski definition) is 1. The predicted octanol–water partition coefficient (Wildman–Crippen LogP) is 2.41. The van der Waals surface area contributed by atoms with Gasteiger partial charge >= 0.3 is 0 Å². The number of likely N-dealkylation sites (tertiary alicyclic amines) is 1. The second-order valence-electron chi connectivity index (χ2n) is 8.56. The van der Waals surface area contributed by atoms with Gasteiger partial charge in [-0.05, 0) is 37.7 Å². The Balaban J connectivity index is 1.49. The van der Waals surface area contributed by atoms with Crippen LogP contribution in [-0.4, -0.2) is 67.3 Å². The highest BCUT2D eigenvalue weighted by atomic mass is 16.5. The molecule has 2 aliphatic heterocycles. The van der Waals surface area contributed by atoms with Gasteiger partial charge in [0.25, 0.3) is 5.91 Å². The molecule has 3 rings (SSSR count). The van der Waals surface area contributed by atoms with Gasteiger partial charge in [0.15, 0.2) is 0 Å². The number of nitrogens with zero attached hydrogens (tertiary/aromatic N) is 2. The van der Waals surface area contributed by atoms with Crippen LogP contribution in [0.2, 0.25) is 0 Å². The summed E-state index contributed by atoms with van der Waals surface area (Å²) in [6.07, 6.45) is 4.16. The first-order chi connectivity index (χ1) is 14.4. The van der Waals surface area contributed by atoms with Crippen LogP contribution in [0, 0.1) is 5.92 Å². The lowest BCUT2D eigenvalue weighted by molar-refractivity contribution is -0.138. The minimum atomic E-state index is -0.249. The summed E-state index contributed by atoms with van der Waals surface area (Å²) in [5.74, 6) is 0.991. The Morgan fingerprint density at radius 1 is 1.23 bits per heavy atom. The third-order valence-electron chi connectivity index (χ3n) is 5.92. The maximum absolute atomic E-state index is 12.6. The quantitative estimate of drug-likeness (QED) is 0.730. The summed E-state index contributed by atoms with van der Waals surface area (Å²) < 4.78 is 16.6. The topological polar surface area (TPSA) is 90.0 Å². The second kappa shape index (κ2) is 9.64. The van der Waals surface area contributed by atoms with E-state index in [0.29, 0.717) is 30.3 Å². The van der Waals surface area contributed by atoms with Crippen molar-refractivity contribution in [3.63, 3.8) is 0 Å². The van der Waals surface area contributed by atoms with Gasteiger partial charge in [-0.2, -0.15) is 4.98 Å². The van der Waals surface area contributed by atoms with Gasteiger partial charge < -0.3 is 24.4 Å². The molecule has 2 aliphatic rings. The van der Waals surface area contributed by atoms with Gasteiger partial charge in [0, 0.05) is 32.1 Å². The lowest BCUT2D eigenvalue weighted by Gasteiger charge is -2.39. The molecule has 1 aromatic rings. The summed E-state index contributed by atoms with van der Waals surface area (Å²) >= 11 is 0. The van der Waals surface area contributed by atoms with E-state index in [-0.39, 0.29) is 29.4 Å². The number of aromatic nitrogens is 1. The van der Waals surface area contributed by atoms with Crippen molar-refractivity contribution in [2.45, 2.75) is 57.7 Å². The number of ether oxygens (including phenoxy) is 3. The molecule has 0 aromatic carbocycles. The molecule has 1 atom stereocenters. The molecule has 8 heteroatoms. The predicted molar refractivity (Wildman–Crippen MR) is 112 cm³/mol. The van der Waals surface area contributed by atoms with E-state index < -0.39 is 0 Å². The van der Waals surface area contributed by atoms with Gasteiger partial charge in [-0.25, -0.2) is 0 Å². The van der Waals surface area contributed by atoms with Crippen LogP contribution in [0.4, 0.5) is 0 Å². The second-order valence-corrected chi connectivity index (χ2v) is 8.56. The third kappa shape index (κ3) is 5.22. The van der Waals surface area contributed by atoms with Crippen molar-refractivity contribution in [1.29, 1.82) is 0 Å². The van der Waals surface area contributed by atoms with Crippen molar-refractivity contribution < 1.29 is 23.8 Å². The fourth-order valence-electron chi connectivity index (χ4n) is 4.22. The Kier molecular flexibility index (Phi) is 7.18. The molecule has 30 heavy (non-hydrogen) atoms. The number of hydrogen-bond acceptors (Lipinski definition) is 6. The summed E-state index contributed by atoms with van der Waals surface area (Å²) in [5.41, 5.74) is 0.201. The number of pyridine rings is 1. The highest BCUT2D eigenvalue weighted by molar-refractivity contribution is 5.96. The molecule has 2 fully saturated rings. The van der Waals surface area contributed by atoms with Crippen LogP contribution >= 0.6 is 0 Å².